The molecule has 1 heterocycles. The molecule has 2 aromatic rings. The van der Waals surface area contributed by atoms with Crippen LogP contribution in [0.1, 0.15) is 40.5 Å². The van der Waals surface area contributed by atoms with E-state index in [1.54, 1.807) is 0 Å². The molecule has 3 rings (SSSR count). The molecule has 1 aromatic heterocycles. The van der Waals surface area contributed by atoms with E-state index in [4.69, 9.17) is 5.73 Å². The highest BCUT2D eigenvalue weighted by atomic mass is 19.1. The fraction of sp³-hybridized carbons (Fsp3) is 0.250. The zero-order chi connectivity index (χ0) is 14.8. The Morgan fingerprint density at radius 1 is 1.33 bits per heavy atom. The average molecular weight is 285 g/mol. The van der Waals surface area contributed by atoms with Gasteiger partial charge in [-0.3, -0.25) is 4.79 Å². The molecule has 0 saturated carbocycles. The molecule has 1 unspecified atom stereocenters. The number of hydrogen-bond donors (Lipinski definition) is 2. The second kappa shape index (κ2) is 5.52. The summed E-state index contributed by atoms with van der Waals surface area (Å²) < 4.78 is 12.8. The number of aromatic nitrogens is 1. The number of fused-ring (bicyclic) bond motifs is 1. The fourth-order valence-electron chi connectivity index (χ4n) is 2.73. The van der Waals surface area contributed by atoms with Crippen LogP contribution in [-0.4, -0.2) is 10.9 Å². The van der Waals surface area contributed by atoms with Gasteiger partial charge in [0.15, 0.2) is 0 Å². The molecule has 1 atom stereocenters. The van der Waals surface area contributed by atoms with E-state index < -0.39 is 5.82 Å². The first-order valence-electron chi connectivity index (χ1n) is 6.94. The summed E-state index contributed by atoms with van der Waals surface area (Å²) in [5, 5.41) is 2.97. The normalized spacial score (nSPS) is 17.1. The first kappa shape index (κ1) is 13.5. The Hall–Kier alpha value is -2.43. The average Bonchev–Trinajstić information content (AvgIpc) is 2.47. The van der Waals surface area contributed by atoms with Crippen molar-refractivity contribution in [1.29, 1.82) is 0 Å². The van der Waals surface area contributed by atoms with Crippen molar-refractivity contribution in [2.45, 2.75) is 25.3 Å². The van der Waals surface area contributed by atoms with Gasteiger partial charge in [-0.25, -0.2) is 9.37 Å². The molecular formula is C16H16FN3O. The lowest BCUT2D eigenvalue weighted by Crippen LogP contribution is -2.31. The third-order valence-corrected chi connectivity index (χ3v) is 3.75. The number of hydrogen-bond acceptors (Lipinski definition) is 3. The lowest BCUT2D eigenvalue weighted by atomic mass is 9.87. The Balaban J connectivity index is 1.80. The predicted molar refractivity (Wildman–Crippen MR) is 78.2 cm³/mol. The summed E-state index contributed by atoms with van der Waals surface area (Å²) in [5.74, 6) is -0.741. The van der Waals surface area contributed by atoms with Crippen molar-refractivity contribution < 1.29 is 9.18 Å². The van der Waals surface area contributed by atoms with E-state index in [2.05, 4.69) is 10.3 Å². The largest absolute Gasteiger partial charge is 0.399 e. The molecule has 108 valence electrons. The number of rotatable bonds is 2. The number of halogens is 1. The van der Waals surface area contributed by atoms with Gasteiger partial charge in [-0.05, 0) is 54.7 Å². The number of nitrogens with two attached hydrogens (primary N) is 1. The van der Waals surface area contributed by atoms with E-state index in [1.807, 2.05) is 18.2 Å². The molecule has 0 spiro atoms. The number of nitrogens with one attached hydrogen (secondary N) is 1. The molecule has 0 aliphatic heterocycles. The molecule has 0 fully saturated rings. The van der Waals surface area contributed by atoms with E-state index in [0.717, 1.165) is 36.7 Å². The molecule has 0 saturated heterocycles. The van der Waals surface area contributed by atoms with Crippen LogP contribution in [0.4, 0.5) is 10.1 Å². The van der Waals surface area contributed by atoms with Gasteiger partial charge in [-0.2, -0.15) is 0 Å². The number of benzene rings is 1. The van der Waals surface area contributed by atoms with Crippen LogP contribution in [0.2, 0.25) is 0 Å². The molecule has 1 aliphatic carbocycles. The van der Waals surface area contributed by atoms with Gasteiger partial charge in [0.05, 0.1) is 12.2 Å². The second-order valence-electron chi connectivity index (χ2n) is 5.24. The Morgan fingerprint density at radius 3 is 2.95 bits per heavy atom. The summed E-state index contributed by atoms with van der Waals surface area (Å²) in [6.45, 7) is 0. The Kier molecular flexibility index (Phi) is 3.56. The Labute approximate surface area is 122 Å². The first-order valence-corrected chi connectivity index (χ1v) is 6.94. The summed E-state index contributed by atoms with van der Waals surface area (Å²) in [6, 6.07) is 8.35. The van der Waals surface area contributed by atoms with Crippen LogP contribution in [-0.2, 0) is 6.42 Å². The molecular weight excluding hydrogens is 269 g/mol. The topological polar surface area (TPSA) is 68.0 Å². The fourth-order valence-corrected chi connectivity index (χ4v) is 2.73. The van der Waals surface area contributed by atoms with Crippen LogP contribution in [0.15, 0.2) is 36.5 Å². The zero-order valence-electron chi connectivity index (χ0n) is 11.5. The third kappa shape index (κ3) is 2.86. The van der Waals surface area contributed by atoms with E-state index in [-0.39, 0.29) is 17.6 Å². The number of nitrogen functional groups attached to an aromatic ring is 1. The van der Waals surface area contributed by atoms with Gasteiger partial charge in [-0.15, -0.1) is 0 Å². The number of aryl methyl sites for hydroxylation is 1. The highest BCUT2D eigenvalue weighted by Crippen LogP contribution is 2.31. The van der Waals surface area contributed by atoms with Gasteiger partial charge in [-0.1, -0.05) is 6.07 Å². The van der Waals surface area contributed by atoms with Gasteiger partial charge < -0.3 is 11.1 Å². The van der Waals surface area contributed by atoms with Crippen LogP contribution in [0, 0.1) is 5.82 Å². The van der Waals surface area contributed by atoms with Crippen molar-refractivity contribution in [3.8, 4) is 0 Å². The van der Waals surface area contributed by atoms with Crippen molar-refractivity contribution >= 4 is 11.6 Å². The number of carbonyl (C=O) groups excluding carboxylic acids is 1. The lowest BCUT2D eigenvalue weighted by molar-refractivity contribution is 0.0927. The third-order valence-electron chi connectivity index (χ3n) is 3.75. The van der Waals surface area contributed by atoms with Crippen LogP contribution in [0.5, 0.6) is 0 Å². The second-order valence-corrected chi connectivity index (χ2v) is 5.24. The smallest absolute Gasteiger partial charge is 0.270 e. The van der Waals surface area contributed by atoms with Gasteiger partial charge >= 0.3 is 0 Å². The van der Waals surface area contributed by atoms with Crippen molar-refractivity contribution in [1.82, 2.24) is 10.3 Å². The van der Waals surface area contributed by atoms with Gasteiger partial charge in [0.2, 0.25) is 0 Å². The number of carbonyl (C=O) groups is 1. The first-order chi connectivity index (χ1) is 10.1. The quantitative estimate of drug-likeness (QED) is 0.833. The van der Waals surface area contributed by atoms with Gasteiger partial charge in [0.25, 0.3) is 5.91 Å². The molecule has 1 aliphatic rings. The molecule has 0 radical (unpaired) electrons. The lowest BCUT2D eigenvalue weighted by Gasteiger charge is -2.26. The van der Waals surface area contributed by atoms with Crippen molar-refractivity contribution in [3.63, 3.8) is 0 Å². The van der Waals surface area contributed by atoms with Gasteiger partial charge in [0.1, 0.15) is 11.5 Å². The number of anilines is 1. The van der Waals surface area contributed by atoms with E-state index in [9.17, 15) is 9.18 Å². The predicted octanol–water partition coefficient (Wildman–Crippen LogP) is 2.61. The van der Waals surface area contributed by atoms with Crippen LogP contribution in [0.3, 0.4) is 0 Å². The van der Waals surface area contributed by atoms with Crippen molar-refractivity contribution in [3.05, 3.63) is 59.2 Å². The summed E-state index contributed by atoms with van der Waals surface area (Å²) in [6.07, 6.45) is 3.90. The Morgan fingerprint density at radius 2 is 2.19 bits per heavy atom. The van der Waals surface area contributed by atoms with Crippen molar-refractivity contribution in [2.24, 2.45) is 0 Å². The molecule has 0 bridgehead atoms. The van der Waals surface area contributed by atoms with Crippen molar-refractivity contribution in [2.75, 3.05) is 5.73 Å². The minimum atomic E-state index is -0.454. The standard InChI is InChI=1S/C16H16FN3O/c17-11-4-7-15(19-9-11)16(21)20-14-3-1-2-10-8-12(18)5-6-13(10)14/h4-9,14H,1-3,18H2,(H,20,21). The maximum Gasteiger partial charge on any atom is 0.270 e. The molecule has 21 heavy (non-hydrogen) atoms. The summed E-state index contributed by atoms with van der Waals surface area (Å²) in [4.78, 5) is 16.0. The van der Waals surface area contributed by atoms with Crippen LogP contribution in [0.25, 0.3) is 0 Å². The highest BCUT2D eigenvalue weighted by Gasteiger charge is 2.22. The summed E-state index contributed by atoms with van der Waals surface area (Å²) in [7, 11) is 0. The van der Waals surface area contributed by atoms with E-state index in [1.165, 1.54) is 17.7 Å². The van der Waals surface area contributed by atoms with E-state index in [0.29, 0.717) is 0 Å². The monoisotopic (exact) mass is 285 g/mol. The minimum Gasteiger partial charge on any atom is -0.399 e. The van der Waals surface area contributed by atoms with Crippen LogP contribution < -0.4 is 11.1 Å². The summed E-state index contributed by atoms with van der Waals surface area (Å²) >= 11 is 0. The molecule has 3 N–H and O–H groups in total. The summed E-state index contributed by atoms with van der Waals surface area (Å²) in [5.41, 5.74) is 9.04. The molecule has 1 amide bonds. The number of nitrogens with zero attached hydrogens (tertiary/aromatic N) is 1. The SMILES string of the molecule is Nc1ccc2c(c1)CCCC2NC(=O)c1ccc(F)cn1. The van der Waals surface area contributed by atoms with Crippen LogP contribution >= 0.6 is 0 Å². The zero-order valence-corrected chi connectivity index (χ0v) is 11.5. The van der Waals surface area contributed by atoms with E-state index >= 15 is 0 Å². The number of amides is 1. The highest BCUT2D eigenvalue weighted by molar-refractivity contribution is 5.92. The minimum absolute atomic E-state index is 0.0475. The molecule has 1 aromatic carbocycles. The molecule has 5 heteroatoms. The molecule has 4 nitrogen and oxygen atoms in total. The number of pyridine rings is 1. The maximum absolute atomic E-state index is 12.8. The maximum atomic E-state index is 12.8. The Bertz CT molecular complexity index is 670. The van der Waals surface area contributed by atoms with Gasteiger partial charge in [0, 0.05) is 5.69 Å².